The van der Waals surface area contributed by atoms with Gasteiger partial charge in [0, 0.05) is 55.0 Å². The van der Waals surface area contributed by atoms with Crippen molar-refractivity contribution in [1.29, 1.82) is 0 Å². The highest BCUT2D eigenvalue weighted by atomic mass is 14.7. The number of aromatic nitrogens is 2. The zero-order chi connectivity index (χ0) is 31.1. The van der Waals surface area contributed by atoms with Gasteiger partial charge < -0.3 is 0 Å². The first-order chi connectivity index (χ1) is 21.3. The minimum Gasteiger partial charge on any atom is -0.261 e. The second-order valence-corrected chi connectivity index (χ2v) is 11.9. The van der Waals surface area contributed by atoms with E-state index in [1.54, 1.807) is 0 Å². The fourth-order valence-electron chi connectivity index (χ4n) is 5.87. The minimum atomic E-state index is 0.0871. The van der Waals surface area contributed by atoms with Crippen molar-refractivity contribution in [3.05, 3.63) is 153 Å². The van der Waals surface area contributed by atoms with Gasteiger partial charge in [-0.3, -0.25) is 20.0 Å². The van der Waals surface area contributed by atoms with Gasteiger partial charge in [0.05, 0.1) is 11.4 Å². The van der Waals surface area contributed by atoms with Crippen LogP contribution in [0, 0.1) is 27.7 Å². The molecule has 0 bridgehead atoms. The quantitative estimate of drug-likeness (QED) is 0.122. The fourth-order valence-corrected chi connectivity index (χ4v) is 5.87. The number of hydrogen-bond donors (Lipinski definition) is 0. The van der Waals surface area contributed by atoms with Gasteiger partial charge in [0.15, 0.2) is 0 Å². The largest absolute Gasteiger partial charge is 0.261 e. The van der Waals surface area contributed by atoms with E-state index < -0.39 is 0 Å². The molecule has 4 nitrogen and oxygen atoms in total. The van der Waals surface area contributed by atoms with Crippen LogP contribution in [0.1, 0.15) is 81.6 Å². The van der Waals surface area contributed by atoms with Crippen LogP contribution in [0.4, 0.5) is 11.4 Å². The molecule has 44 heavy (non-hydrogen) atoms. The molecule has 0 saturated heterocycles. The van der Waals surface area contributed by atoms with Crippen molar-refractivity contribution in [2.45, 2.75) is 66.2 Å². The first-order valence-corrected chi connectivity index (χ1v) is 15.5. The summed E-state index contributed by atoms with van der Waals surface area (Å²) in [5, 5.41) is 0. The first-order valence-electron chi connectivity index (χ1n) is 15.5. The third kappa shape index (κ3) is 7.44. The van der Waals surface area contributed by atoms with Gasteiger partial charge in [-0.1, -0.05) is 74.5 Å². The second-order valence-electron chi connectivity index (χ2n) is 11.9. The average Bonchev–Trinajstić information content (AvgIpc) is 3.01. The molecule has 0 amide bonds. The maximum Gasteiger partial charge on any atom is 0.0684 e. The monoisotopic (exact) mass is 578 g/mol. The van der Waals surface area contributed by atoms with E-state index in [0.29, 0.717) is 18.8 Å². The Morgan fingerprint density at radius 1 is 0.545 bits per heavy atom. The van der Waals surface area contributed by atoms with Crippen LogP contribution in [0.15, 0.2) is 107 Å². The van der Waals surface area contributed by atoms with Gasteiger partial charge in [0.1, 0.15) is 0 Å². The minimum absolute atomic E-state index is 0.0871. The lowest BCUT2D eigenvalue weighted by atomic mass is 9.81. The van der Waals surface area contributed by atoms with Crippen LogP contribution in [0.2, 0.25) is 0 Å². The molecule has 0 unspecified atom stereocenters. The van der Waals surface area contributed by atoms with Crippen LogP contribution in [0.3, 0.4) is 0 Å². The lowest BCUT2D eigenvalue weighted by Crippen LogP contribution is -2.06. The molecule has 0 aliphatic carbocycles. The highest BCUT2D eigenvalue weighted by Crippen LogP contribution is 2.39. The van der Waals surface area contributed by atoms with E-state index in [9.17, 15) is 0 Å². The molecule has 0 spiro atoms. The molecule has 2 heterocycles. The maximum atomic E-state index is 4.88. The Bertz CT molecular complexity index is 1600. The molecule has 5 aromatic rings. The predicted octanol–water partition coefficient (Wildman–Crippen LogP) is 9.90. The summed E-state index contributed by atoms with van der Waals surface area (Å²) in [6, 6.07) is 30.4. The molecule has 0 atom stereocenters. The van der Waals surface area contributed by atoms with E-state index in [-0.39, 0.29) is 5.92 Å². The van der Waals surface area contributed by atoms with Gasteiger partial charge >= 0.3 is 0 Å². The molecule has 0 N–H and O–H groups in total. The van der Waals surface area contributed by atoms with Crippen molar-refractivity contribution in [2.24, 2.45) is 9.98 Å². The number of aliphatic imine (C=N–C) groups is 2. The van der Waals surface area contributed by atoms with Crippen LogP contribution < -0.4 is 0 Å². The molecular formula is C40H42N4. The summed E-state index contributed by atoms with van der Waals surface area (Å²) >= 11 is 0. The number of pyridine rings is 2. The number of hydrogen-bond acceptors (Lipinski definition) is 4. The van der Waals surface area contributed by atoms with E-state index in [1.165, 1.54) is 44.5 Å². The Kier molecular flexibility index (Phi) is 9.91. The zero-order valence-electron chi connectivity index (χ0n) is 26.8. The van der Waals surface area contributed by atoms with E-state index in [1.807, 2.05) is 61.2 Å². The Morgan fingerprint density at radius 3 is 1.32 bits per heavy atom. The molecule has 222 valence electrons. The van der Waals surface area contributed by atoms with Crippen molar-refractivity contribution < 1.29 is 0 Å². The summed E-state index contributed by atoms with van der Waals surface area (Å²) in [6.45, 7) is 13.1. The van der Waals surface area contributed by atoms with E-state index in [0.717, 1.165) is 22.8 Å². The van der Waals surface area contributed by atoms with Crippen molar-refractivity contribution >= 4 is 23.8 Å². The Morgan fingerprint density at radius 2 is 0.955 bits per heavy atom. The zero-order valence-corrected chi connectivity index (χ0v) is 26.8. The topological polar surface area (TPSA) is 50.5 Å². The number of nitrogens with zero attached hydrogens (tertiary/aromatic N) is 4. The van der Waals surface area contributed by atoms with E-state index >= 15 is 0 Å². The molecule has 5 rings (SSSR count). The summed E-state index contributed by atoms with van der Waals surface area (Å²) in [5.41, 5.74) is 14.0. The van der Waals surface area contributed by atoms with Gasteiger partial charge in [-0.15, -0.1) is 0 Å². The molecule has 2 aromatic heterocycles. The first kappa shape index (κ1) is 30.7. The van der Waals surface area contributed by atoms with Crippen molar-refractivity contribution in [1.82, 2.24) is 9.97 Å². The Labute approximate surface area is 262 Å². The lowest BCUT2D eigenvalue weighted by Gasteiger charge is -2.23. The van der Waals surface area contributed by atoms with Gasteiger partial charge in [0.25, 0.3) is 0 Å². The van der Waals surface area contributed by atoms with Gasteiger partial charge in [-0.2, -0.15) is 0 Å². The number of aryl methyl sites for hydroxylation is 4. The SMILES string of the molecule is Cc1cc(C(c2ccc(C(C)C)cc2)c2cc(C)c(N=CCc3ccccn3)c(C)c2)cc(C)c1N=CCc1ccccn1. The van der Waals surface area contributed by atoms with Crippen LogP contribution in [0.25, 0.3) is 0 Å². The highest BCUT2D eigenvalue weighted by molar-refractivity contribution is 5.71. The molecule has 0 saturated carbocycles. The van der Waals surface area contributed by atoms with E-state index in [4.69, 9.17) is 9.98 Å². The van der Waals surface area contributed by atoms with Crippen LogP contribution in [-0.4, -0.2) is 22.4 Å². The predicted molar refractivity (Wildman–Crippen MR) is 185 cm³/mol. The van der Waals surface area contributed by atoms with Gasteiger partial charge in [-0.05, 0) is 102 Å². The Hall–Kier alpha value is -4.70. The molecular weight excluding hydrogens is 536 g/mol. The molecule has 3 aromatic carbocycles. The van der Waals surface area contributed by atoms with Crippen LogP contribution in [-0.2, 0) is 12.8 Å². The average molecular weight is 579 g/mol. The smallest absolute Gasteiger partial charge is 0.0684 e. The summed E-state index contributed by atoms with van der Waals surface area (Å²) < 4.78 is 0. The van der Waals surface area contributed by atoms with Crippen LogP contribution >= 0.6 is 0 Å². The molecule has 0 aliphatic rings. The third-order valence-corrected chi connectivity index (χ3v) is 8.12. The van der Waals surface area contributed by atoms with Crippen molar-refractivity contribution in [3.8, 4) is 0 Å². The highest BCUT2D eigenvalue weighted by Gasteiger charge is 2.21. The third-order valence-electron chi connectivity index (χ3n) is 8.12. The maximum absolute atomic E-state index is 4.88. The Balaban J connectivity index is 1.50. The van der Waals surface area contributed by atoms with Gasteiger partial charge in [0.2, 0.25) is 0 Å². The lowest BCUT2D eigenvalue weighted by molar-refractivity contribution is 0.862. The normalized spacial score (nSPS) is 12.4. The standard InChI is InChI=1S/C40H42N4/c1-27(2)32-13-15-33(16-14-32)38(34-23-28(3)39(29(4)24-34)43-21-17-36-11-7-9-19-41-36)35-25-30(5)40(31(6)26-35)44-22-18-37-12-8-10-20-42-37/h7-16,19-27,38H,17-18H2,1-6H3. The van der Waals surface area contributed by atoms with Gasteiger partial charge in [-0.25, -0.2) is 0 Å². The molecule has 0 aliphatic heterocycles. The summed E-state index contributed by atoms with van der Waals surface area (Å²) in [4.78, 5) is 18.6. The summed E-state index contributed by atoms with van der Waals surface area (Å²) in [6.07, 6.45) is 9.02. The summed E-state index contributed by atoms with van der Waals surface area (Å²) in [5.74, 6) is 0.576. The molecule has 0 fully saturated rings. The summed E-state index contributed by atoms with van der Waals surface area (Å²) in [7, 11) is 0. The molecule has 0 radical (unpaired) electrons. The molecule has 4 heteroatoms. The van der Waals surface area contributed by atoms with E-state index in [2.05, 4.69) is 100 Å². The fraction of sp³-hybridized carbons (Fsp3) is 0.250. The van der Waals surface area contributed by atoms with Crippen molar-refractivity contribution in [3.63, 3.8) is 0 Å². The number of rotatable bonds is 10. The number of benzene rings is 3. The van der Waals surface area contributed by atoms with Crippen molar-refractivity contribution in [2.75, 3.05) is 0 Å². The second kappa shape index (κ2) is 14.2. The van der Waals surface area contributed by atoms with Crippen LogP contribution in [0.5, 0.6) is 0 Å².